The highest BCUT2D eigenvalue weighted by Gasteiger charge is 2.09. The Balaban J connectivity index is 2.25. The van der Waals surface area contributed by atoms with Gasteiger partial charge in [0, 0.05) is 0 Å². The summed E-state index contributed by atoms with van der Waals surface area (Å²) >= 11 is 3.47. The Labute approximate surface area is 106 Å². The van der Waals surface area contributed by atoms with E-state index in [-0.39, 0.29) is 6.01 Å². The van der Waals surface area contributed by atoms with Crippen LogP contribution >= 0.6 is 15.9 Å². The molecule has 0 aliphatic carbocycles. The van der Waals surface area contributed by atoms with Crippen molar-refractivity contribution in [2.75, 3.05) is 5.73 Å². The second-order valence-corrected chi connectivity index (χ2v) is 4.58. The molecule has 0 aliphatic heterocycles. The van der Waals surface area contributed by atoms with Crippen LogP contribution in [-0.2, 0) is 0 Å². The van der Waals surface area contributed by atoms with Crippen LogP contribution < -0.4 is 5.73 Å². The number of nitrogens with zero attached hydrogens (tertiary/aromatic N) is 1. The van der Waals surface area contributed by atoms with Gasteiger partial charge in [-0.3, -0.25) is 0 Å². The Morgan fingerprint density at radius 3 is 2.59 bits per heavy atom. The molecule has 1 aromatic heterocycles. The predicted molar refractivity (Wildman–Crippen MR) is 71.6 cm³/mol. The lowest BCUT2D eigenvalue weighted by atomic mass is 10.1. The molecule has 3 nitrogen and oxygen atoms in total. The van der Waals surface area contributed by atoms with Crippen molar-refractivity contribution >= 4 is 33.0 Å². The lowest BCUT2D eigenvalue weighted by molar-refractivity contribution is 0.624. The van der Waals surface area contributed by atoms with Crippen LogP contribution in [0.4, 0.5) is 6.01 Å². The summed E-state index contributed by atoms with van der Waals surface area (Å²) in [5.74, 6) is 0. The minimum Gasteiger partial charge on any atom is -0.422 e. The Morgan fingerprint density at radius 2 is 1.82 bits per heavy atom. The van der Waals surface area contributed by atoms with Gasteiger partial charge in [0.15, 0.2) is 5.58 Å². The first-order chi connectivity index (χ1) is 8.24. The molecule has 0 saturated carbocycles. The molecule has 1 heterocycles. The number of fused-ring (bicyclic) bond motifs is 1. The van der Waals surface area contributed by atoms with E-state index in [1.165, 1.54) is 0 Å². The minimum absolute atomic E-state index is 0.186. The van der Waals surface area contributed by atoms with Crippen LogP contribution in [0, 0.1) is 0 Å². The van der Waals surface area contributed by atoms with Crippen molar-refractivity contribution < 1.29 is 4.42 Å². The summed E-state index contributed by atoms with van der Waals surface area (Å²) in [6.07, 6.45) is 0. The molecular weight excluding hydrogens is 280 g/mol. The van der Waals surface area contributed by atoms with Gasteiger partial charge >= 0.3 is 0 Å². The zero-order chi connectivity index (χ0) is 11.8. The Hall–Kier alpha value is -1.81. The second kappa shape index (κ2) is 3.89. The first kappa shape index (κ1) is 10.4. The maximum atomic E-state index is 5.55. The molecule has 2 aromatic carbocycles. The first-order valence-electron chi connectivity index (χ1n) is 5.15. The van der Waals surface area contributed by atoms with E-state index in [2.05, 4.69) is 33.0 Å². The molecule has 4 heteroatoms. The van der Waals surface area contributed by atoms with E-state index < -0.39 is 0 Å². The van der Waals surface area contributed by atoms with E-state index in [4.69, 9.17) is 10.2 Å². The standard InChI is InChI=1S/C13H9BrN2O/c14-10-6-9(8-4-2-1-3-5-8)7-11-12(10)17-13(15)16-11/h1-7H,(H2,15,16). The maximum absolute atomic E-state index is 5.55. The van der Waals surface area contributed by atoms with Gasteiger partial charge in [-0.2, -0.15) is 4.98 Å². The lowest BCUT2D eigenvalue weighted by Crippen LogP contribution is -1.81. The third-order valence-electron chi connectivity index (χ3n) is 2.57. The number of nitrogens with two attached hydrogens (primary N) is 1. The van der Waals surface area contributed by atoms with Crippen molar-refractivity contribution in [1.29, 1.82) is 0 Å². The van der Waals surface area contributed by atoms with Crippen LogP contribution in [0.1, 0.15) is 0 Å². The summed E-state index contributed by atoms with van der Waals surface area (Å²) in [7, 11) is 0. The summed E-state index contributed by atoms with van der Waals surface area (Å²) in [6, 6.07) is 14.3. The summed E-state index contributed by atoms with van der Waals surface area (Å²) < 4.78 is 6.17. The molecule has 0 bridgehead atoms. The van der Waals surface area contributed by atoms with Gasteiger partial charge in [0.05, 0.1) is 4.47 Å². The number of nitrogen functional groups attached to an aromatic ring is 1. The van der Waals surface area contributed by atoms with Gasteiger partial charge in [-0.1, -0.05) is 30.3 Å². The van der Waals surface area contributed by atoms with Crippen LogP contribution in [0.2, 0.25) is 0 Å². The van der Waals surface area contributed by atoms with Gasteiger partial charge in [-0.05, 0) is 39.2 Å². The largest absolute Gasteiger partial charge is 0.422 e. The minimum atomic E-state index is 0.186. The third-order valence-corrected chi connectivity index (χ3v) is 3.16. The van der Waals surface area contributed by atoms with Gasteiger partial charge in [0.2, 0.25) is 0 Å². The number of halogens is 1. The highest BCUT2D eigenvalue weighted by atomic mass is 79.9. The van der Waals surface area contributed by atoms with Crippen molar-refractivity contribution in [1.82, 2.24) is 4.98 Å². The molecule has 3 rings (SSSR count). The smallest absolute Gasteiger partial charge is 0.293 e. The zero-order valence-electron chi connectivity index (χ0n) is 8.85. The molecular formula is C13H9BrN2O. The Bertz CT molecular complexity index is 676. The summed E-state index contributed by atoms with van der Waals surface area (Å²) in [5.41, 5.74) is 9.21. The van der Waals surface area contributed by atoms with Gasteiger partial charge in [0.25, 0.3) is 6.01 Å². The summed E-state index contributed by atoms with van der Waals surface area (Å²) in [5, 5.41) is 0. The molecule has 0 unspecified atom stereocenters. The lowest BCUT2D eigenvalue weighted by Gasteiger charge is -2.01. The average molecular weight is 289 g/mol. The van der Waals surface area contributed by atoms with Crippen LogP contribution in [0.15, 0.2) is 51.4 Å². The maximum Gasteiger partial charge on any atom is 0.293 e. The number of benzene rings is 2. The molecule has 2 N–H and O–H groups in total. The Kier molecular flexibility index (Phi) is 2.37. The predicted octanol–water partition coefficient (Wildman–Crippen LogP) is 3.84. The normalized spacial score (nSPS) is 10.9. The van der Waals surface area contributed by atoms with Crippen molar-refractivity contribution in [3.05, 3.63) is 46.9 Å². The molecule has 0 aliphatic rings. The van der Waals surface area contributed by atoms with E-state index in [1.54, 1.807) is 0 Å². The van der Waals surface area contributed by atoms with E-state index in [0.717, 1.165) is 21.1 Å². The fourth-order valence-electron chi connectivity index (χ4n) is 1.81. The van der Waals surface area contributed by atoms with E-state index in [0.29, 0.717) is 5.58 Å². The SMILES string of the molecule is Nc1nc2cc(-c3ccccc3)cc(Br)c2o1. The van der Waals surface area contributed by atoms with Gasteiger partial charge in [-0.25, -0.2) is 0 Å². The van der Waals surface area contributed by atoms with Crippen LogP contribution in [0.3, 0.4) is 0 Å². The van der Waals surface area contributed by atoms with Gasteiger partial charge in [0.1, 0.15) is 5.52 Å². The summed E-state index contributed by atoms with van der Waals surface area (Å²) in [6.45, 7) is 0. The van der Waals surface area contributed by atoms with E-state index in [9.17, 15) is 0 Å². The van der Waals surface area contributed by atoms with Gasteiger partial charge < -0.3 is 10.2 Å². The fraction of sp³-hybridized carbons (Fsp3) is 0. The van der Waals surface area contributed by atoms with Gasteiger partial charge in [-0.15, -0.1) is 0 Å². The molecule has 17 heavy (non-hydrogen) atoms. The third kappa shape index (κ3) is 1.80. The second-order valence-electron chi connectivity index (χ2n) is 3.72. The summed E-state index contributed by atoms with van der Waals surface area (Å²) in [4.78, 5) is 4.14. The fourth-order valence-corrected chi connectivity index (χ4v) is 2.34. The molecule has 0 atom stereocenters. The highest BCUT2D eigenvalue weighted by Crippen LogP contribution is 2.31. The molecule has 3 aromatic rings. The topological polar surface area (TPSA) is 52.0 Å². The molecule has 0 spiro atoms. The number of rotatable bonds is 1. The zero-order valence-corrected chi connectivity index (χ0v) is 10.4. The van der Waals surface area contributed by atoms with Crippen molar-refractivity contribution in [3.63, 3.8) is 0 Å². The number of aromatic nitrogens is 1. The average Bonchev–Trinajstić information content (AvgIpc) is 2.71. The molecule has 0 amide bonds. The van der Waals surface area contributed by atoms with E-state index in [1.807, 2.05) is 30.3 Å². The number of hydrogen-bond acceptors (Lipinski definition) is 3. The molecule has 0 saturated heterocycles. The highest BCUT2D eigenvalue weighted by molar-refractivity contribution is 9.10. The van der Waals surface area contributed by atoms with Crippen LogP contribution in [0.25, 0.3) is 22.2 Å². The molecule has 0 fully saturated rings. The number of oxazole rings is 1. The van der Waals surface area contributed by atoms with E-state index >= 15 is 0 Å². The monoisotopic (exact) mass is 288 g/mol. The Morgan fingerprint density at radius 1 is 1.06 bits per heavy atom. The first-order valence-corrected chi connectivity index (χ1v) is 5.94. The number of hydrogen-bond donors (Lipinski definition) is 1. The van der Waals surface area contributed by atoms with Crippen LogP contribution in [-0.4, -0.2) is 4.98 Å². The molecule has 84 valence electrons. The van der Waals surface area contributed by atoms with Crippen molar-refractivity contribution in [2.24, 2.45) is 0 Å². The number of anilines is 1. The molecule has 0 radical (unpaired) electrons. The van der Waals surface area contributed by atoms with Crippen LogP contribution in [0.5, 0.6) is 0 Å². The van der Waals surface area contributed by atoms with Crippen molar-refractivity contribution in [2.45, 2.75) is 0 Å². The van der Waals surface area contributed by atoms with Crippen molar-refractivity contribution in [3.8, 4) is 11.1 Å². The quantitative estimate of drug-likeness (QED) is 0.740.